The number of piperazine rings is 1. The molecule has 0 saturated carbocycles. The summed E-state index contributed by atoms with van der Waals surface area (Å²) in [7, 11) is 3.30. The van der Waals surface area contributed by atoms with Gasteiger partial charge in [0, 0.05) is 69.9 Å². The van der Waals surface area contributed by atoms with Crippen LogP contribution < -0.4 is 14.4 Å². The number of anilines is 1. The molecule has 0 radical (unpaired) electrons. The number of amides is 2. The van der Waals surface area contributed by atoms with Gasteiger partial charge in [-0.1, -0.05) is 12.1 Å². The molecule has 0 spiro atoms. The molecule has 9 nitrogen and oxygen atoms in total. The van der Waals surface area contributed by atoms with Gasteiger partial charge in [-0.05, 0) is 72.6 Å². The zero-order valence-electron chi connectivity index (χ0n) is 29.0. The van der Waals surface area contributed by atoms with Gasteiger partial charge >= 0.3 is 12.4 Å². The van der Waals surface area contributed by atoms with E-state index in [1.165, 1.54) is 43.3 Å². The van der Waals surface area contributed by atoms with Crippen LogP contribution in [0.15, 0.2) is 85.1 Å². The van der Waals surface area contributed by atoms with Gasteiger partial charge in [0.1, 0.15) is 17.2 Å². The van der Waals surface area contributed by atoms with E-state index in [1.807, 2.05) is 12.1 Å². The number of hydrogen-bond donors (Lipinski definition) is 0. The Morgan fingerprint density at radius 1 is 0.849 bits per heavy atom. The summed E-state index contributed by atoms with van der Waals surface area (Å²) in [5, 5.41) is 0.839. The summed E-state index contributed by atoms with van der Waals surface area (Å²) in [5.74, 6) is 0.255. The highest BCUT2D eigenvalue weighted by Crippen LogP contribution is 2.33. The molecule has 1 aliphatic rings. The van der Waals surface area contributed by atoms with E-state index in [2.05, 4.69) is 9.88 Å². The Labute approximate surface area is 300 Å². The monoisotopic (exact) mass is 739 g/mol. The number of ether oxygens (including phenoxy) is 2. The lowest BCUT2D eigenvalue weighted by Gasteiger charge is -2.34. The van der Waals surface area contributed by atoms with Crippen molar-refractivity contribution >= 4 is 28.4 Å². The summed E-state index contributed by atoms with van der Waals surface area (Å²) >= 11 is 0. The summed E-state index contributed by atoms with van der Waals surface area (Å²) < 4.78 is 89.2. The first-order chi connectivity index (χ1) is 25.1. The molecule has 0 unspecified atom stereocenters. The Kier molecular flexibility index (Phi) is 10.4. The van der Waals surface area contributed by atoms with Crippen molar-refractivity contribution in [1.29, 1.82) is 0 Å². The van der Waals surface area contributed by atoms with Crippen LogP contribution in [0.25, 0.3) is 10.9 Å². The zero-order chi connectivity index (χ0) is 38.1. The van der Waals surface area contributed by atoms with Gasteiger partial charge in [-0.25, -0.2) is 4.98 Å². The molecule has 3 heterocycles. The van der Waals surface area contributed by atoms with E-state index in [0.717, 1.165) is 28.6 Å². The molecule has 3 aromatic carbocycles. The second-order valence-electron chi connectivity index (χ2n) is 12.8. The number of carbonyl (C=O) groups excluding carboxylic acids is 2. The number of aromatic nitrogens is 2. The predicted molar refractivity (Wildman–Crippen MR) is 185 cm³/mol. The fourth-order valence-electron chi connectivity index (χ4n) is 6.14. The Morgan fingerprint density at radius 2 is 1.55 bits per heavy atom. The number of halogens is 6. The minimum atomic E-state index is -4.51. The Bertz CT molecular complexity index is 2110. The summed E-state index contributed by atoms with van der Waals surface area (Å²) in [6.45, 7) is 2.83. The van der Waals surface area contributed by atoms with Crippen molar-refractivity contribution < 1.29 is 45.4 Å². The second kappa shape index (κ2) is 14.8. The average molecular weight is 740 g/mol. The first-order valence-electron chi connectivity index (χ1n) is 16.5. The first-order valence-corrected chi connectivity index (χ1v) is 16.5. The number of fused-ring (bicyclic) bond motifs is 1. The fraction of sp³-hybridized carbons (Fsp3) is 0.289. The van der Waals surface area contributed by atoms with Gasteiger partial charge in [-0.2, -0.15) is 26.3 Å². The third-order valence-electron chi connectivity index (χ3n) is 9.04. The smallest absolute Gasteiger partial charge is 0.422 e. The quantitative estimate of drug-likeness (QED) is 0.143. The zero-order valence-corrected chi connectivity index (χ0v) is 29.0. The number of hydrogen-bond acceptors (Lipinski definition) is 6. The Morgan fingerprint density at radius 3 is 2.17 bits per heavy atom. The molecule has 15 heteroatoms. The maximum absolute atomic E-state index is 13.6. The van der Waals surface area contributed by atoms with Crippen LogP contribution in [0.1, 0.15) is 37.5 Å². The van der Waals surface area contributed by atoms with E-state index in [4.69, 9.17) is 9.47 Å². The van der Waals surface area contributed by atoms with E-state index in [9.17, 15) is 35.9 Å². The molecule has 2 aromatic heterocycles. The number of nitrogens with zero attached hydrogens (tertiary/aromatic N) is 5. The van der Waals surface area contributed by atoms with Crippen LogP contribution in [-0.2, 0) is 19.8 Å². The summed E-state index contributed by atoms with van der Waals surface area (Å²) in [4.78, 5) is 36.1. The van der Waals surface area contributed by atoms with Gasteiger partial charge < -0.3 is 23.8 Å². The van der Waals surface area contributed by atoms with Gasteiger partial charge in [0.15, 0.2) is 6.61 Å². The van der Waals surface area contributed by atoms with Gasteiger partial charge in [-0.3, -0.25) is 14.5 Å². The van der Waals surface area contributed by atoms with Crippen LogP contribution in [0.3, 0.4) is 0 Å². The molecule has 278 valence electrons. The Balaban J connectivity index is 1.04. The van der Waals surface area contributed by atoms with Crippen molar-refractivity contribution in [2.45, 2.75) is 25.8 Å². The van der Waals surface area contributed by atoms with Crippen molar-refractivity contribution in [2.75, 3.05) is 44.7 Å². The fourth-order valence-corrected chi connectivity index (χ4v) is 6.14. The van der Waals surface area contributed by atoms with E-state index in [-0.39, 0.29) is 28.7 Å². The lowest BCUT2D eigenvalue weighted by Crippen LogP contribution is -2.48. The van der Waals surface area contributed by atoms with E-state index in [1.54, 1.807) is 52.9 Å². The predicted octanol–water partition coefficient (Wildman–Crippen LogP) is 7.87. The largest absolute Gasteiger partial charge is 0.484 e. The highest BCUT2D eigenvalue weighted by atomic mass is 19.4. The maximum atomic E-state index is 13.6. The maximum Gasteiger partial charge on any atom is 0.422 e. The van der Waals surface area contributed by atoms with Crippen molar-refractivity contribution in [3.05, 3.63) is 113 Å². The van der Waals surface area contributed by atoms with E-state index in [0.29, 0.717) is 49.9 Å². The topological polar surface area (TPSA) is 80.1 Å². The van der Waals surface area contributed by atoms with Gasteiger partial charge in [0.2, 0.25) is 5.88 Å². The summed E-state index contributed by atoms with van der Waals surface area (Å²) in [6.07, 6.45) is -7.48. The molecule has 5 aromatic rings. The number of rotatable bonds is 9. The molecule has 0 N–H and O–H groups in total. The molecule has 53 heavy (non-hydrogen) atoms. The van der Waals surface area contributed by atoms with E-state index >= 15 is 0 Å². The first kappa shape index (κ1) is 37.2. The normalized spacial score (nSPS) is 14.0. The van der Waals surface area contributed by atoms with Crippen LogP contribution >= 0.6 is 0 Å². The molecule has 0 aliphatic carbocycles. The summed E-state index contributed by atoms with van der Waals surface area (Å²) in [6, 6.07) is 20.2. The lowest BCUT2D eigenvalue weighted by molar-refractivity contribution is -0.153. The third kappa shape index (κ3) is 8.74. The van der Waals surface area contributed by atoms with Crippen LogP contribution in [0, 0.1) is 6.92 Å². The molecule has 6 rings (SSSR count). The number of carbonyl (C=O) groups is 2. The minimum absolute atomic E-state index is 0.0493. The molecular formula is C38H35F6N5O4. The molecule has 0 atom stereocenters. The average Bonchev–Trinajstić information content (AvgIpc) is 3.45. The molecule has 0 bridgehead atoms. The van der Waals surface area contributed by atoms with Crippen molar-refractivity contribution in [3.63, 3.8) is 0 Å². The Hall–Kier alpha value is -5.57. The van der Waals surface area contributed by atoms with Gasteiger partial charge in [0.25, 0.3) is 11.8 Å². The SMILES string of the molecule is Cc1cc(C(=O)N(C)c2ccc(Oc3ccc4cc(C(=O)N5CCN(Cc6ccc(OCC(F)(F)F)cc6)CC5)n(C)c4c3)nc2)ccc1C(F)(F)F. The minimum Gasteiger partial charge on any atom is -0.484 e. The van der Waals surface area contributed by atoms with Crippen molar-refractivity contribution in [3.8, 4) is 17.4 Å². The van der Waals surface area contributed by atoms with Crippen molar-refractivity contribution in [2.24, 2.45) is 7.05 Å². The van der Waals surface area contributed by atoms with Crippen LogP contribution in [0.4, 0.5) is 32.0 Å². The van der Waals surface area contributed by atoms with E-state index < -0.39 is 30.4 Å². The highest BCUT2D eigenvalue weighted by Gasteiger charge is 2.33. The standard InChI is InChI=1S/C38H35F6N5O4/c1-24-18-27(7-12-31(24)38(42,43)44)35(50)46(2)28-8-13-34(45-21-28)53-30-11-6-26-19-33(47(3)32(26)20-30)36(51)49-16-14-48(15-17-49)22-25-4-9-29(10-5-25)52-23-37(39,40)41/h4-13,18-21H,14-17,22-23H2,1-3H3. The molecular weight excluding hydrogens is 704 g/mol. The van der Waals surface area contributed by atoms with Crippen LogP contribution in [0.5, 0.6) is 17.4 Å². The van der Waals surface area contributed by atoms with Gasteiger partial charge in [0.05, 0.1) is 23.0 Å². The molecule has 2 amide bonds. The van der Waals surface area contributed by atoms with Crippen LogP contribution in [0.2, 0.25) is 0 Å². The lowest BCUT2D eigenvalue weighted by atomic mass is 10.0. The molecule has 1 aliphatic heterocycles. The third-order valence-corrected chi connectivity index (χ3v) is 9.04. The number of alkyl halides is 6. The molecule has 1 fully saturated rings. The highest BCUT2D eigenvalue weighted by molar-refractivity contribution is 6.05. The second-order valence-corrected chi connectivity index (χ2v) is 12.8. The molecule has 1 saturated heterocycles. The van der Waals surface area contributed by atoms with Gasteiger partial charge in [-0.15, -0.1) is 0 Å². The number of pyridine rings is 1. The van der Waals surface area contributed by atoms with Crippen molar-refractivity contribution in [1.82, 2.24) is 19.4 Å². The number of aryl methyl sites for hydroxylation is 2. The van der Waals surface area contributed by atoms with Crippen LogP contribution in [-0.4, -0.2) is 77.2 Å². The number of benzene rings is 3. The summed E-state index contributed by atoms with van der Waals surface area (Å²) in [5.41, 5.74) is 1.88.